The zero-order valence-electron chi connectivity index (χ0n) is 10.6. The van der Waals surface area contributed by atoms with Gasteiger partial charge in [-0.05, 0) is 39.7 Å². The molecule has 0 aromatic rings. The first-order valence-corrected chi connectivity index (χ1v) is 6.06. The maximum atomic E-state index is 11.4. The number of esters is 1. The monoisotopic (exact) mass is 229 g/mol. The highest BCUT2D eigenvalue weighted by atomic mass is 16.5. The lowest BCUT2D eigenvalue weighted by Crippen LogP contribution is -2.41. The number of ether oxygens (including phenoxy) is 2. The fraction of sp³-hybridized carbons (Fsp3) is 0.917. The van der Waals surface area contributed by atoms with E-state index in [2.05, 4.69) is 4.90 Å². The van der Waals surface area contributed by atoms with Gasteiger partial charge in [0.2, 0.25) is 0 Å². The lowest BCUT2D eigenvalue weighted by Gasteiger charge is -2.34. The molecule has 1 aliphatic rings. The Morgan fingerprint density at radius 2 is 2.19 bits per heavy atom. The number of nitrogens with zero attached hydrogens (tertiary/aromatic N) is 1. The molecule has 0 radical (unpaired) electrons. The van der Waals surface area contributed by atoms with E-state index >= 15 is 0 Å². The van der Waals surface area contributed by atoms with E-state index in [1.54, 1.807) is 7.11 Å². The van der Waals surface area contributed by atoms with Crippen LogP contribution in [0.3, 0.4) is 0 Å². The smallest absolute Gasteiger partial charge is 0.320 e. The summed E-state index contributed by atoms with van der Waals surface area (Å²) in [4.78, 5) is 13.4. The van der Waals surface area contributed by atoms with Crippen molar-refractivity contribution in [3.8, 4) is 0 Å². The SMILES string of the molecule is CCOC(=O)CN(C)C1CCCC(OC)C1. The van der Waals surface area contributed by atoms with Crippen LogP contribution in [0.25, 0.3) is 0 Å². The summed E-state index contributed by atoms with van der Waals surface area (Å²) in [5, 5.41) is 0. The van der Waals surface area contributed by atoms with Crippen LogP contribution in [0.4, 0.5) is 0 Å². The first kappa shape index (κ1) is 13.5. The molecule has 4 nitrogen and oxygen atoms in total. The van der Waals surface area contributed by atoms with Crippen LogP contribution in [0.2, 0.25) is 0 Å². The highest BCUT2D eigenvalue weighted by Crippen LogP contribution is 2.23. The molecule has 1 saturated carbocycles. The van der Waals surface area contributed by atoms with E-state index in [0.29, 0.717) is 25.3 Å². The second-order valence-corrected chi connectivity index (χ2v) is 4.40. The minimum Gasteiger partial charge on any atom is -0.465 e. The first-order chi connectivity index (χ1) is 7.67. The van der Waals surface area contributed by atoms with E-state index in [1.165, 1.54) is 6.42 Å². The Labute approximate surface area is 97.9 Å². The van der Waals surface area contributed by atoms with E-state index in [1.807, 2.05) is 14.0 Å². The third kappa shape index (κ3) is 4.10. The topological polar surface area (TPSA) is 38.8 Å². The van der Waals surface area contributed by atoms with Crippen molar-refractivity contribution in [3.63, 3.8) is 0 Å². The number of likely N-dealkylation sites (N-methyl/N-ethyl adjacent to an activating group) is 1. The number of methoxy groups -OCH3 is 1. The molecular weight excluding hydrogens is 206 g/mol. The third-order valence-corrected chi connectivity index (χ3v) is 3.24. The van der Waals surface area contributed by atoms with Gasteiger partial charge >= 0.3 is 5.97 Å². The van der Waals surface area contributed by atoms with Gasteiger partial charge in [-0.1, -0.05) is 0 Å². The number of rotatable bonds is 5. The molecule has 16 heavy (non-hydrogen) atoms. The van der Waals surface area contributed by atoms with E-state index in [0.717, 1.165) is 19.3 Å². The highest BCUT2D eigenvalue weighted by Gasteiger charge is 2.25. The van der Waals surface area contributed by atoms with Crippen molar-refractivity contribution >= 4 is 5.97 Å². The maximum Gasteiger partial charge on any atom is 0.320 e. The van der Waals surface area contributed by atoms with Gasteiger partial charge in [0.15, 0.2) is 0 Å². The van der Waals surface area contributed by atoms with Crippen LogP contribution in [0.1, 0.15) is 32.6 Å². The molecule has 0 heterocycles. The van der Waals surface area contributed by atoms with Gasteiger partial charge in [-0.3, -0.25) is 9.69 Å². The van der Waals surface area contributed by atoms with Gasteiger partial charge in [0, 0.05) is 13.2 Å². The largest absolute Gasteiger partial charge is 0.465 e. The Morgan fingerprint density at radius 1 is 1.44 bits per heavy atom. The van der Waals surface area contributed by atoms with Gasteiger partial charge in [0.05, 0.1) is 19.3 Å². The molecule has 0 aliphatic heterocycles. The van der Waals surface area contributed by atoms with Crippen molar-refractivity contribution in [1.29, 1.82) is 0 Å². The standard InChI is InChI=1S/C12H23NO3/c1-4-16-12(14)9-13(2)10-6-5-7-11(8-10)15-3/h10-11H,4-9H2,1-3H3. The van der Waals surface area contributed by atoms with Gasteiger partial charge in [0.1, 0.15) is 0 Å². The summed E-state index contributed by atoms with van der Waals surface area (Å²) in [7, 11) is 3.75. The summed E-state index contributed by atoms with van der Waals surface area (Å²) in [5.74, 6) is -0.135. The Balaban J connectivity index is 2.34. The van der Waals surface area contributed by atoms with Crippen molar-refractivity contribution in [2.45, 2.75) is 44.8 Å². The predicted molar refractivity (Wildman–Crippen MR) is 62.3 cm³/mol. The van der Waals surface area contributed by atoms with Gasteiger partial charge in [-0.15, -0.1) is 0 Å². The molecule has 0 bridgehead atoms. The average molecular weight is 229 g/mol. The summed E-state index contributed by atoms with van der Waals surface area (Å²) in [6, 6.07) is 0.447. The number of carbonyl (C=O) groups excluding carboxylic acids is 1. The summed E-state index contributed by atoms with van der Waals surface area (Å²) in [6.07, 6.45) is 4.84. The minimum absolute atomic E-state index is 0.135. The number of hydrogen-bond donors (Lipinski definition) is 0. The van der Waals surface area contributed by atoms with Crippen LogP contribution in [0.15, 0.2) is 0 Å². The predicted octanol–water partition coefficient (Wildman–Crippen LogP) is 1.44. The Morgan fingerprint density at radius 3 is 2.81 bits per heavy atom. The molecule has 0 aromatic carbocycles. The van der Waals surface area contributed by atoms with Crippen LogP contribution >= 0.6 is 0 Å². The van der Waals surface area contributed by atoms with E-state index < -0.39 is 0 Å². The van der Waals surface area contributed by atoms with E-state index in [-0.39, 0.29) is 5.97 Å². The second kappa shape index (κ2) is 6.86. The zero-order chi connectivity index (χ0) is 12.0. The molecule has 1 aliphatic carbocycles. The van der Waals surface area contributed by atoms with Gasteiger partial charge in [0.25, 0.3) is 0 Å². The Kier molecular flexibility index (Phi) is 5.77. The Hall–Kier alpha value is -0.610. The Bertz CT molecular complexity index is 220. The van der Waals surface area contributed by atoms with Crippen molar-refractivity contribution in [2.24, 2.45) is 0 Å². The van der Waals surface area contributed by atoms with Gasteiger partial charge in [-0.2, -0.15) is 0 Å². The van der Waals surface area contributed by atoms with Crippen molar-refractivity contribution in [2.75, 3.05) is 27.3 Å². The van der Waals surface area contributed by atoms with Crippen LogP contribution in [-0.2, 0) is 14.3 Å². The lowest BCUT2D eigenvalue weighted by atomic mass is 9.92. The molecule has 1 fully saturated rings. The molecule has 2 atom stereocenters. The van der Waals surface area contributed by atoms with Crippen LogP contribution in [0, 0.1) is 0 Å². The molecule has 4 heteroatoms. The van der Waals surface area contributed by atoms with Crippen LogP contribution in [-0.4, -0.2) is 50.3 Å². The van der Waals surface area contributed by atoms with Gasteiger partial charge < -0.3 is 9.47 Å². The fourth-order valence-corrected chi connectivity index (χ4v) is 2.27. The summed E-state index contributed by atoms with van der Waals surface area (Å²) in [5.41, 5.74) is 0. The summed E-state index contributed by atoms with van der Waals surface area (Å²) in [6.45, 7) is 2.67. The van der Waals surface area contributed by atoms with Crippen LogP contribution in [0.5, 0.6) is 0 Å². The quantitative estimate of drug-likeness (QED) is 0.669. The fourth-order valence-electron chi connectivity index (χ4n) is 2.27. The molecule has 0 amide bonds. The summed E-state index contributed by atoms with van der Waals surface area (Å²) < 4.78 is 10.3. The van der Waals surface area contributed by atoms with Gasteiger partial charge in [-0.25, -0.2) is 0 Å². The molecule has 0 saturated heterocycles. The zero-order valence-corrected chi connectivity index (χ0v) is 10.6. The number of hydrogen-bond acceptors (Lipinski definition) is 4. The third-order valence-electron chi connectivity index (χ3n) is 3.24. The lowest BCUT2D eigenvalue weighted by molar-refractivity contribution is -0.145. The average Bonchev–Trinajstić information content (AvgIpc) is 2.29. The maximum absolute atomic E-state index is 11.4. The molecule has 0 spiro atoms. The molecular formula is C12H23NO3. The van der Waals surface area contributed by atoms with Crippen molar-refractivity contribution in [1.82, 2.24) is 4.90 Å². The second-order valence-electron chi connectivity index (χ2n) is 4.40. The van der Waals surface area contributed by atoms with E-state index in [4.69, 9.17) is 9.47 Å². The van der Waals surface area contributed by atoms with Crippen molar-refractivity contribution < 1.29 is 14.3 Å². The molecule has 1 rings (SSSR count). The van der Waals surface area contributed by atoms with Crippen LogP contribution < -0.4 is 0 Å². The number of carbonyl (C=O) groups is 1. The van der Waals surface area contributed by atoms with Crippen molar-refractivity contribution in [3.05, 3.63) is 0 Å². The molecule has 0 aromatic heterocycles. The summed E-state index contributed by atoms with van der Waals surface area (Å²) >= 11 is 0. The molecule has 94 valence electrons. The highest BCUT2D eigenvalue weighted by molar-refractivity contribution is 5.71. The normalized spacial score (nSPS) is 25.8. The molecule has 2 unspecified atom stereocenters. The van der Waals surface area contributed by atoms with E-state index in [9.17, 15) is 4.79 Å². The minimum atomic E-state index is -0.135. The first-order valence-electron chi connectivity index (χ1n) is 6.06. The molecule has 0 N–H and O–H groups in total.